The molecule has 4 rings (SSSR count). The molecule has 3 aliphatic carbocycles. The van der Waals surface area contributed by atoms with E-state index >= 15 is 0 Å². The molecular formula is C16H16. The van der Waals surface area contributed by atoms with Crippen LogP contribution in [0.4, 0.5) is 0 Å². The average molecular weight is 208 g/mol. The van der Waals surface area contributed by atoms with Crippen molar-refractivity contribution in [1.82, 2.24) is 0 Å². The van der Waals surface area contributed by atoms with Crippen LogP contribution in [0, 0.1) is 23.7 Å². The Morgan fingerprint density at radius 3 is 2.81 bits per heavy atom. The van der Waals surface area contributed by atoms with Gasteiger partial charge in [-0.25, -0.2) is 0 Å². The van der Waals surface area contributed by atoms with Gasteiger partial charge >= 0.3 is 0 Å². The summed E-state index contributed by atoms with van der Waals surface area (Å²) in [7, 11) is 0. The number of benzene rings is 1. The van der Waals surface area contributed by atoms with Crippen molar-refractivity contribution in [3.63, 3.8) is 0 Å². The van der Waals surface area contributed by atoms with Gasteiger partial charge in [-0.15, -0.1) is 0 Å². The van der Waals surface area contributed by atoms with Gasteiger partial charge in [0.15, 0.2) is 0 Å². The third-order valence-electron chi connectivity index (χ3n) is 4.70. The van der Waals surface area contributed by atoms with Crippen molar-refractivity contribution >= 4 is 5.57 Å². The van der Waals surface area contributed by atoms with E-state index in [1.165, 1.54) is 18.4 Å². The Kier molecular flexibility index (Phi) is 1.71. The second-order valence-corrected chi connectivity index (χ2v) is 5.40. The quantitative estimate of drug-likeness (QED) is 0.614. The first-order valence-corrected chi connectivity index (χ1v) is 6.37. The molecule has 0 aliphatic heterocycles. The first kappa shape index (κ1) is 8.81. The first-order valence-electron chi connectivity index (χ1n) is 6.37. The normalized spacial score (nSPS) is 38.9. The van der Waals surface area contributed by atoms with Crippen molar-refractivity contribution in [2.75, 3.05) is 0 Å². The van der Waals surface area contributed by atoms with Crippen LogP contribution in [0.25, 0.3) is 5.57 Å². The van der Waals surface area contributed by atoms with Crippen LogP contribution >= 0.6 is 0 Å². The fourth-order valence-corrected chi connectivity index (χ4v) is 4.04. The zero-order chi connectivity index (χ0) is 10.5. The van der Waals surface area contributed by atoms with Crippen LogP contribution in [-0.2, 0) is 0 Å². The maximum absolute atomic E-state index is 2.55. The topological polar surface area (TPSA) is 0 Å². The third-order valence-corrected chi connectivity index (χ3v) is 4.70. The summed E-state index contributed by atoms with van der Waals surface area (Å²) in [5, 5.41) is 0. The molecule has 0 aromatic heterocycles. The van der Waals surface area contributed by atoms with Gasteiger partial charge in [-0.3, -0.25) is 0 Å². The zero-order valence-corrected chi connectivity index (χ0v) is 9.34. The summed E-state index contributed by atoms with van der Waals surface area (Å²) in [6.45, 7) is 0. The Bertz CT molecular complexity index is 466. The maximum atomic E-state index is 2.55. The first-order chi connectivity index (χ1) is 7.93. The van der Waals surface area contributed by atoms with Gasteiger partial charge in [0, 0.05) is 0 Å². The number of hydrogen-bond donors (Lipinski definition) is 0. The highest BCUT2D eigenvalue weighted by molar-refractivity contribution is 5.71. The molecule has 1 fully saturated rings. The molecule has 0 amide bonds. The standard InChI is InChI=1S/C16H16/c1-2-5-11(6-3-1)15-9-12-10-16(15)14-8-4-7-13(12)14/h1-7,9,12-14,16H,8,10H2/t12-,13-,14-,16+/m1/s1. The summed E-state index contributed by atoms with van der Waals surface area (Å²) in [6.07, 6.45) is 10.1. The molecule has 0 heteroatoms. The lowest BCUT2D eigenvalue weighted by atomic mass is 9.79. The Morgan fingerprint density at radius 1 is 1.06 bits per heavy atom. The highest BCUT2D eigenvalue weighted by Crippen LogP contribution is 2.58. The van der Waals surface area contributed by atoms with E-state index in [-0.39, 0.29) is 0 Å². The molecule has 1 saturated carbocycles. The molecule has 0 spiro atoms. The summed E-state index contributed by atoms with van der Waals surface area (Å²) in [4.78, 5) is 0. The van der Waals surface area contributed by atoms with Crippen molar-refractivity contribution in [3.05, 3.63) is 54.1 Å². The molecule has 0 nitrogen and oxygen atoms in total. The molecular weight excluding hydrogens is 192 g/mol. The molecule has 1 aromatic carbocycles. The molecule has 3 aliphatic rings. The minimum atomic E-state index is 0.837. The van der Waals surface area contributed by atoms with E-state index in [0.717, 1.165) is 23.7 Å². The lowest BCUT2D eigenvalue weighted by Crippen LogP contribution is -2.16. The molecule has 80 valence electrons. The molecule has 2 bridgehead atoms. The minimum Gasteiger partial charge on any atom is -0.0879 e. The molecule has 1 aromatic rings. The van der Waals surface area contributed by atoms with Gasteiger partial charge < -0.3 is 0 Å². The second kappa shape index (κ2) is 3.10. The van der Waals surface area contributed by atoms with Gasteiger partial charge in [0.05, 0.1) is 0 Å². The van der Waals surface area contributed by atoms with Gasteiger partial charge in [-0.1, -0.05) is 48.6 Å². The van der Waals surface area contributed by atoms with Crippen molar-refractivity contribution in [1.29, 1.82) is 0 Å². The van der Waals surface area contributed by atoms with Crippen LogP contribution in [0.2, 0.25) is 0 Å². The van der Waals surface area contributed by atoms with Crippen molar-refractivity contribution < 1.29 is 0 Å². The Labute approximate surface area is 96.7 Å². The molecule has 0 unspecified atom stereocenters. The smallest absolute Gasteiger partial charge is 0.0116 e. The van der Waals surface area contributed by atoms with Crippen LogP contribution in [-0.4, -0.2) is 0 Å². The monoisotopic (exact) mass is 208 g/mol. The van der Waals surface area contributed by atoms with Gasteiger partial charge in [-0.2, -0.15) is 0 Å². The van der Waals surface area contributed by atoms with Crippen LogP contribution in [0.15, 0.2) is 48.6 Å². The van der Waals surface area contributed by atoms with E-state index in [1.807, 2.05) is 0 Å². The van der Waals surface area contributed by atoms with E-state index in [4.69, 9.17) is 0 Å². The fraction of sp³-hybridized carbons (Fsp3) is 0.375. The number of hydrogen-bond acceptors (Lipinski definition) is 0. The Balaban J connectivity index is 1.74. The summed E-state index contributed by atoms with van der Waals surface area (Å²) >= 11 is 0. The van der Waals surface area contributed by atoms with Crippen molar-refractivity contribution in [2.24, 2.45) is 23.7 Å². The average Bonchev–Trinajstić information content (AvgIpc) is 3.02. The maximum Gasteiger partial charge on any atom is -0.0116 e. The third kappa shape index (κ3) is 1.05. The number of fused-ring (bicyclic) bond motifs is 5. The van der Waals surface area contributed by atoms with Crippen LogP contribution < -0.4 is 0 Å². The van der Waals surface area contributed by atoms with Gasteiger partial charge in [-0.05, 0) is 47.6 Å². The van der Waals surface area contributed by atoms with Crippen molar-refractivity contribution in [3.8, 4) is 0 Å². The molecule has 4 atom stereocenters. The van der Waals surface area contributed by atoms with E-state index in [2.05, 4.69) is 48.6 Å². The highest BCUT2D eigenvalue weighted by atomic mass is 14.5. The lowest BCUT2D eigenvalue weighted by Gasteiger charge is -2.25. The van der Waals surface area contributed by atoms with Gasteiger partial charge in [0.25, 0.3) is 0 Å². The zero-order valence-electron chi connectivity index (χ0n) is 9.34. The fourth-order valence-electron chi connectivity index (χ4n) is 4.04. The van der Waals surface area contributed by atoms with Gasteiger partial charge in [0.1, 0.15) is 0 Å². The highest BCUT2D eigenvalue weighted by Gasteiger charge is 2.48. The predicted octanol–water partition coefficient (Wildman–Crippen LogP) is 3.91. The Morgan fingerprint density at radius 2 is 1.94 bits per heavy atom. The number of allylic oxidation sites excluding steroid dienone is 4. The second-order valence-electron chi connectivity index (χ2n) is 5.40. The minimum absolute atomic E-state index is 0.837. The summed E-state index contributed by atoms with van der Waals surface area (Å²) in [6, 6.07) is 11.0. The van der Waals surface area contributed by atoms with Crippen LogP contribution in [0.3, 0.4) is 0 Å². The van der Waals surface area contributed by atoms with Crippen LogP contribution in [0.1, 0.15) is 18.4 Å². The van der Waals surface area contributed by atoms with Crippen molar-refractivity contribution in [2.45, 2.75) is 12.8 Å². The molecule has 0 saturated heterocycles. The number of rotatable bonds is 1. The summed E-state index contributed by atoms with van der Waals surface area (Å²) < 4.78 is 0. The molecule has 16 heavy (non-hydrogen) atoms. The Hall–Kier alpha value is -1.30. The molecule has 0 N–H and O–H groups in total. The molecule has 0 heterocycles. The lowest BCUT2D eigenvalue weighted by molar-refractivity contribution is 0.406. The summed E-state index contributed by atoms with van der Waals surface area (Å²) in [5.41, 5.74) is 3.09. The van der Waals surface area contributed by atoms with E-state index in [1.54, 1.807) is 5.57 Å². The largest absolute Gasteiger partial charge is 0.0879 e. The van der Waals surface area contributed by atoms with Crippen LogP contribution in [0.5, 0.6) is 0 Å². The SMILES string of the molecule is C1=C[C@H]2[C@@H](C1)[C@@H]1C[C@H]2C=C1c1ccccc1. The van der Waals surface area contributed by atoms with Gasteiger partial charge in [0.2, 0.25) is 0 Å². The van der Waals surface area contributed by atoms with E-state index in [0.29, 0.717) is 0 Å². The van der Waals surface area contributed by atoms with E-state index < -0.39 is 0 Å². The molecule has 0 radical (unpaired) electrons. The predicted molar refractivity (Wildman–Crippen MR) is 66.8 cm³/mol. The van der Waals surface area contributed by atoms with E-state index in [9.17, 15) is 0 Å². The summed E-state index contributed by atoms with van der Waals surface area (Å²) in [5.74, 6) is 3.47.